The predicted molar refractivity (Wildman–Crippen MR) is 97.2 cm³/mol. The molecule has 0 spiro atoms. The van der Waals surface area contributed by atoms with E-state index in [9.17, 15) is 0 Å². The zero-order chi connectivity index (χ0) is 16.3. The Hall–Kier alpha value is 0.310. The molecule has 0 saturated heterocycles. The van der Waals surface area contributed by atoms with Gasteiger partial charge in [-0.1, -0.05) is 78.6 Å². The molecule has 0 radical (unpaired) electrons. The first-order valence-corrected chi connectivity index (χ1v) is 10.6. The first-order chi connectivity index (χ1) is 10.8. The lowest BCUT2D eigenvalue weighted by Crippen LogP contribution is -2.00. The lowest BCUT2D eigenvalue weighted by molar-refractivity contribution is 0.155. The number of hydrogen-bond acceptors (Lipinski definition) is 3. The standard InChI is InChI=1S/C18H39O3P/c1-4-7-10-11-12-13-14-15-18-21-22(19-16-8-5-2)20-17-9-6-3/h4-18H2,1-3H3. The molecule has 0 aliphatic carbocycles. The fraction of sp³-hybridized carbons (Fsp3) is 1.00. The van der Waals surface area contributed by atoms with E-state index in [0.717, 1.165) is 51.9 Å². The van der Waals surface area contributed by atoms with Gasteiger partial charge in [-0.15, -0.1) is 0 Å². The number of rotatable bonds is 18. The van der Waals surface area contributed by atoms with Gasteiger partial charge in [-0.3, -0.25) is 0 Å². The van der Waals surface area contributed by atoms with E-state index in [4.69, 9.17) is 13.6 Å². The largest absolute Gasteiger partial charge is 0.332 e. The molecule has 3 nitrogen and oxygen atoms in total. The van der Waals surface area contributed by atoms with Crippen molar-refractivity contribution >= 4 is 8.60 Å². The molecule has 0 saturated carbocycles. The van der Waals surface area contributed by atoms with Crippen LogP contribution in [0.25, 0.3) is 0 Å². The van der Waals surface area contributed by atoms with Crippen LogP contribution < -0.4 is 0 Å². The summed E-state index contributed by atoms with van der Waals surface area (Å²) in [5, 5.41) is 0. The summed E-state index contributed by atoms with van der Waals surface area (Å²) in [5.74, 6) is 0. The molecule has 0 aliphatic rings. The third-order valence-electron chi connectivity index (χ3n) is 3.58. The topological polar surface area (TPSA) is 27.7 Å². The predicted octanol–water partition coefficient (Wildman–Crippen LogP) is 7.00. The summed E-state index contributed by atoms with van der Waals surface area (Å²) in [6.07, 6.45) is 15.1. The quantitative estimate of drug-likeness (QED) is 0.199. The Morgan fingerprint density at radius 1 is 0.455 bits per heavy atom. The summed E-state index contributed by atoms with van der Waals surface area (Å²) >= 11 is 0. The van der Waals surface area contributed by atoms with Crippen molar-refractivity contribution in [1.29, 1.82) is 0 Å². The second kappa shape index (κ2) is 19.4. The molecule has 134 valence electrons. The van der Waals surface area contributed by atoms with Crippen LogP contribution in [-0.4, -0.2) is 19.8 Å². The molecular formula is C18H39O3P. The van der Waals surface area contributed by atoms with Gasteiger partial charge in [0, 0.05) is 0 Å². The summed E-state index contributed by atoms with van der Waals surface area (Å²) < 4.78 is 17.2. The summed E-state index contributed by atoms with van der Waals surface area (Å²) in [6.45, 7) is 8.90. The molecule has 0 unspecified atom stereocenters. The molecule has 0 rings (SSSR count). The zero-order valence-corrected chi connectivity index (χ0v) is 16.2. The highest BCUT2D eigenvalue weighted by Crippen LogP contribution is 2.40. The molecule has 0 atom stereocenters. The van der Waals surface area contributed by atoms with Crippen LogP contribution in [0.3, 0.4) is 0 Å². The van der Waals surface area contributed by atoms with Crippen molar-refractivity contribution < 1.29 is 13.6 Å². The van der Waals surface area contributed by atoms with Gasteiger partial charge in [0.1, 0.15) is 0 Å². The van der Waals surface area contributed by atoms with Crippen LogP contribution in [0.4, 0.5) is 0 Å². The Morgan fingerprint density at radius 2 is 0.818 bits per heavy atom. The SMILES string of the molecule is CCCCCCCCCCOP(OCCCC)OCCCC. The second-order valence-electron chi connectivity index (χ2n) is 5.91. The minimum atomic E-state index is -1.12. The average Bonchev–Trinajstić information content (AvgIpc) is 2.53. The minimum absolute atomic E-state index is 0.756. The van der Waals surface area contributed by atoms with E-state index < -0.39 is 8.60 Å². The van der Waals surface area contributed by atoms with Crippen LogP contribution >= 0.6 is 8.60 Å². The van der Waals surface area contributed by atoms with E-state index >= 15 is 0 Å². The third kappa shape index (κ3) is 16.7. The Kier molecular flexibility index (Phi) is 19.6. The summed E-state index contributed by atoms with van der Waals surface area (Å²) in [6, 6.07) is 0. The maximum Gasteiger partial charge on any atom is 0.332 e. The van der Waals surface area contributed by atoms with Crippen LogP contribution in [0.1, 0.15) is 97.8 Å². The van der Waals surface area contributed by atoms with Gasteiger partial charge in [0.2, 0.25) is 0 Å². The van der Waals surface area contributed by atoms with Crippen LogP contribution in [-0.2, 0) is 13.6 Å². The molecular weight excluding hydrogens is 295 g/mol. The van der Waals surface area contributed by atoms with Gasteiger partial charge >= 0.3 is 8.60 Å². The van der Waals surface area contributed by atoms with E-state index in [1.165, 1.54) is 44.9 Å². The number of unbranched alkanes of at least 4 members (excludes halogenated alkanes) is 9. The van der Waals surface area contributed by atoms with Crippen molar-refractivity contribution in [3.05, 3.63) is 0 Å². The first kappa shape index (κ1) is 22.3. The van der Waals surface area contributed by atoms with Crippen LogP contribution in [0.15, 0.2) is 0 Å². The maximum absolute atomic E-state index is 5.80. The fourth-order valence-corrected chi connectivity index (χ4v) is 3.11. The van der Waals surface area contributed by atoms with Crippen molar-refractivity contribution in [2.75, 3.05) is 19.8 Å². The van der Waals surface area contributed by atoms with E-state index in [-0.39, 0.29) is 0 Å². The molecule has 0 fully saturated rings. The van der Waals surface area contributed by atoms with Crippen LogP contribution in [0, 0.1) is 0 Å². The molecule has 0 bridgehead atoms. The smallest absolute Gasteiger partial charge is 0.312 e. The van der Waals surface area contributed by atoms with E-state index in [1.807, 2.05) is 0 Å². The van der Waals surface area contributed by atoms with Gasteiger partial charge < -0.3 is 13.6 Å². The lowest BCUT2D eigenvalue weighted by atomic mass is 10.1. The molecule has 0 heterocycles. The molecule has 0 aromatic heterocycles. The molecule has 0 aromatic carbocycles. The zero-order valence-electron chi connectivity index (χ0n) is 15.3. The Balaban J connectivity index is 3.51. The molecule has 0 aliphatic heterocycles. The number of hydrogen-bond donors (Lipinski definition) is 0. The van der Waals surface area contributed by atoms with Crippen molar-refractivity contribution in [3.8, 4) is 0 Å². The van der Waals surface area contributed by atoms with Gasteiger partial charge in [-0.25, -0.2) is 0 Å². The van der Waals surface area contributed by atoms with Gasteiger partial charge in [-0.2, -0.15) is 0 Å². The summed E-state index contributed by atoms with van der Waals surface area (Å²) in [5.41, 5.74) is 0. The highest BCUT2D eigenvalue weighted by atomic mass is 31.2. The lowest BCUT2D eigenvalue weighted by Gasteiger charge is -2.16. The monoisotopic (exact) mass is 334 g/mol. The molecule has 0 amide bonds. The summed E-state index contributed by atoms with van der Waals surface area (Å²) in [4.78, 5) is 0. The molecule has 22 heavy (non-hydrogen) atoms. The van der Waals surface area contributed by atoms with Crippen molar-refractivity contribution in [3.63, 3.8) is 0 Å². The van der Waals surface area contributed by atoms with E-state index in [1.54, 1.807) is 0 Å². The normalized spacial score (nSPS) is 11.5. The molecule has 0 aromatic rings. The van der Waals surface area contributed by atoms with Gasteiger partial charge in [0.15, 0.2) is 0 Å². The Labute approximate surface area is 140 Å². The molecule has 0 N–H and O–H groups in total. The third-order valence-corrected chi connectivity index (χ3v) is 4.76. The molecule has 4 heteroatoms. The minimum Gasteiger partial charge on any atom is -0.312 e. The van der Waals surface area contributed by atoms with Gasteiger partial charge in [0.25, 0.3) is 0 Å². The van der Waals surface area contributed by atoms with Crippen LogP contribution in [0.2, 0.25) is 0 Å². The van der Waals surface area contributed by atoms with Crippen LogP contribution in [0.5, 0.6) is 0 Å². The van der Waals surface area contributed by atoms with Gasteiger partial charge in [-0.05, 0) is 19.3 Å². The van der Waals surface area contributed by atoms with Crippen molar-refractivity contribution in [2.45, 2.75) is 97.8 Å². The Morgan fingerprint density at radius 3 is 1.27 bits per heavy atom. The summed E-state index contributed by atoms with van der Waals surface area (Å²) in [7, 11) is -1.12. The van der Waals surface area contributed by atoms with E-state index in [2.05, 4.69) is 20.8 Å². The first-order valence-electron chi connectivity index (χ1n) is 9.54. The highest BCUT2D eigenvalue weighted by Gasteiger charge is 2.11. The Bertz CT molecular complexity index is 193. The van der Waals surface area contributed by atoms with Crippen molar-refractivity contribution in [2.24, 2.45) is 0 Å². The maximum atomic E-state index is 5.80. The van der Waals surface area contributed by atoms with Crippen molar-refractivity contribution in [1.82, 2.24) is 0 Å². The van der Waals surface area contributed by atoms with Gasteiger partial charge in [0.05, 0.1) is 19.8 Å². The second-order valence-corrected chi connectivity index (χ2v) is 7.13. The highest BCUT2D eigenvalue weighted by molar-refractivity contribution is 7.41. The van der Waals surface area contributed by atoms with E-state index in [0.29, 0.717) is 0 Å². The average molecular weight is 334 g/mol. The fourth-order valence-electron chi connectivity index (χ4n) is 2.05.